The summed E-state index contributed by atoms with van der Waals surface area (Å²) in [4.78, 5) is 43.1. The molecule has 0 aromatic heterocycles. The first kappa shape index (κ1) is 24.0. The molecule has 0 radical (unpaired) electrons. The SMILES string of the molecule is CCCCOC(=O)c1ccc(NC(=O)N2CCN(CC(=O)N3CCCCC3C)CC2)cc1. The number of urea groups is 1. The summed E-state index contributed by atoms with van der Waals surface area (Å²) >= 11 is 0. The second-order valence-electron chi connectivity index (χ2n) is 8.69. The molecule has 2 aliphatic rings. The molecule has 8 heteroatoms. The molecule has 1 N–H and O–H groups in total. The van der Waals surface area contributed by atoms with E-state index in [4.69, 9.17) is 4.74 Å². The van der Waals surface area contributed by atoms with Crippen molar-refractivity contribution >= 4 is 23.6 Å². The highest BCUT2D eigenvalue weighted by Gasteiger charge is 2.27. The Hall–Kier alpha value is -2.61. The molecule has 1 aromatic carbocycles. The topological polar surface area (TPSA) is 82.2 Å². The quantitative estimate of drug-likeness (QED) is 0.516. The Morgan fingerprint density at radius 1 is 1.03 bits per heavy atom. The zero-order chi connectivity index (χ0) is 22.9. The second-order valence-corrected chi connectivity index (χ2v) is 8.69. The number of rotatable bonds is 7. The van der Waals surface area contributed by atoms with Gasteiger partial charge in [0.05, 0.1) is 18.7 Å². The van der Waals surface area contributed by atoms with Gasteiger partial charge in [0, 0.05) is 44.5 Å². The Morgan fingerprint density at radius 3 is 2.41 bits per heavy atom. The van der Waals surface area contributed by atoms with Gasteiger partial charge in [0.25, 0.3) is 0 Å². The normalized spacial score (nSPS) is 19.5. The van der Waals surface area contributed by atoms with Crippen LogP contribution in [0, 0.1) is 0 Å². The number of anilines is 1. The first-order valence-corrected chi connectivity index (χ1v) is 11.8. The summed E-state index contributed by atoms with van der Waals surface area (Å²) < 4.78 is 5.20. The molecule has 0 spiro atoms. The number of piperazine rings is 1. The Bertz CT molecular complexity index is 775. The number of likely N-dealkylation sites (tertiary alicyclic amines) is 1. The van der Waals surface area contributed by atoms with Crippen molar-refractivity contribution in [2.24, 2.45) is 0 Å². The first-order valence-electron chi connectivity index (χ1n) is 11.8. The van der Waals surface area contributed by atoms with Crippen LogP contribution in [0.5, 0.6) is 0 Å². The number of unbranched alkanes of at least 4 members (excludes halogenated alkanes) is 1. The molecule has 8 nitrogen and oxygen atoms in total. The van der Waals surface area contributed by atoms with Crippen LogP contribution in [0.1, 0.15) is 56.3 Å². The summed E-state index contributed by atoms with van der Waals surface area (Å²) in [7, 11) is 0. The third-order valence-electron chi connectivity index (χ3n) is 6.24. The van der Waals surface area contributed by atoms with Gasteiger partial charge in [-0.1, -0.05) is 13.3 Å². The van der Waals surface area contributed by atoms with Crippen molar-refractivity contribution in [3.63, 3.8) is 0 Å². The minimum absolute atomic E-state index is 0.168. The van der Waals surface area contributed by atoms with E-state index < -0.39 is 0 Å². The summed E-state index contributed by atoms with van der Waals surface area (Å²) in [5.74, 6) is -0.149. The Morgan fingerprint density at radius 2 is 1.75 bits per heavy atom. The average molecular weight is 445 g/mol. The lowest BCUT2D eigenvalue weighted by molar-refractivity contribution is -0.136. The molecule has 1 unspecified atom stereocenters. The van der Waals surface area contributed by atoms with Crippen LogP contribution < -0.4 is 5.32 Å². The van der Waals surface area contributed by atoms with Crippen LogP contribution in [0.4, 0.5) is 10.5 Å². The van der Waals surface area contributed by atoms with Crippen LogP contribution in [-0.2, 0) is 9.53 Å². The lowest BCUT2D eigenvalue weighted by Gasteiger charge is -2.38. The largest absolute Gasteiger partial charge is 0.462 e. The number of piperidine rings is 1. The van der Waals surface area contributed by atoms with E-state index in [0.29, 0.717) is 56.6 Å². The number of hydrogen-bond acceptors (Lipinski definition) is 5. The van der Waals surface area contributed by atoms with Crippen LogP contribution >= 0.6 is 0 Å². The Kier molecular flexibility index (Phi) is 8.90. The summed E-state index contributed by atoms with van der Waals surface area (Å²) in [6.07, 6.45) is 5.19. The van der Waals surface area contributed by atoms with E-state index in [1.54, 1.807) is 29.2 Å². The molecular weight excluding hydrogens is 408 g/mol. The molecule has 2 fully saturated rings. The highest BCUT2D eigenvalue weighted by Crippen LogP contribution is 2.17. The number of amides is 3. The van der Waals surface area contributed by atoms with Crippen LogP contribution in [0.3, 0.4) is 0 Å². The van der Waals surface area contributed by atoms with Gasteiger partial charge in [-0.2, -0.15) is 0 Å². The smallest absolute Gasteiger partial charge is 0.338 e. The Labute approximate surface area is 190 Å². The molecule has 2 saturated heterocycles. The predicted octanol–water partition coefficient (Wildman–Crippen LogP) is 3.19. The van der Waals surface area contributed by atoms with Gasteiger partial charge < -0.3 is 19.9 Å². The number of carbonyl (C=O) groups excluding carboxylic acids is 3. The van der Waals surface area contributed by atoms with Crippen molar-refractivity contribution in [2.45, 2.75) is 52.0 Å². The molecule has 3 rings (SSSR count). The zero-order valence-corrected chi connectivity index (χ0v) is 19.3. The fourth-order valence-corrected chi connectivity index (χ4v) is 4.14. The molecule has 1 aromatic rings. The van der Waals surface area contributed by atoms with Crippen LogP contribution in [0.25, 0.3) is 0 Å². The van der Waals surface area contributed by atoms with Crippen molar-refractivity contribution in [2.75, 3.05) is 51.2 Å². The number of nitrogens with one attached hydrogen (secondary N) is 1. The van der Waals surface area contributed by atoms with Gasteiger partial charge in [0.1, 0.15) is 0 Å². The number of esters is 1. The van der Waals surface area contributed by atoms with Crippen LogP contribution in [-0.4, -0.2) is 84.5 Å². The maximum atomic E-state index is 12.6. The van der Waals surface area contributed by atoms with Crippen molar-refractivity contribution < 1.29 is 19.1 Å². The van der Waals surface area contributed by atoms with E-state index in [1.165, 1.54) is 6.42 Å². The van der Waals surface area contributed by atoms with Crippen LogP contribution in [0.2, 0.25) is 0 Å². The summed E-state index contributed by atoms with van der Waals surface area (Å²) in [6.45, 7) is 8.40. The minimum Gasteiger partial charge on any atom is -0.462 e. The second kappa shape index (κ2) is 11.9. The van der Waals surface area contributed by atoms with E-state index in [1.807, 2.05) is 11.8 Å². The zero-order valence-electron chi connectivity index (χ0n) is 19.3. The lowest BCUT2D eigenvalue weighted by Crippen LogP contribution is -2.53. The predicted molar refractivity (Wildman–Crippen MR) is 124 cm³/mol. The average Bonchev–Trinajstić information content (AvgIpc) is 2.80. The fraction of sp³-hybridized carbons (Fsp3) is 0.625. The summed E-state index contributed by atoms with van der Waals surface area (Å²) in [6, 6.07) is 6.91. The molecule has 176 valence electrons. The monoisotopic (exact) mass is 444 g/mol. The van der Waals surface area contributed by atoms with Gasteiger partial charge in [-0.15, -0.1) is 0 Å². The first-order chi connectivity index (χ1) is 15.5. The summed E-state index contributed by atoms with van der Waals surface area (Å²) in [5.41, 5.74) is 1.11. The molecular formula is C24H36N4O4. The van der Waals surface area contributed by atoms with Crippen molar-refractivity contribution in [3.8, 4) is 0 Å². The van der Waals surface area contributed by atoms with E-state index in [2.05, 4.69) is 17.1 Å². The van der Waals surface area contributed by atoms with E-state index in [-0.39, 0.29) is 17.9 Å². The van der Waals surface area contributed by atoms with Gasteiger partial charge in [-0.25, -0.2) is 9.59 Å². The number of ether oxygens (including phenoxy) is 1. The molecule has 32 heavy (non-hydrogen) atoms. The molecule has 3 amide bonds. The van der Waals surface area contributed by atoms with Gasteiger partial charge >= 0.3 is 12.0 Å². The van der Waals surface area contributed by atoms with Crippen LogP contribution in [0.15, 0.2) is 24.3 Å². The van der Waals surface area contributed by atoms with Crippen molar-refractivity contribution in [1.82, 2.24) is 14.7 Å². The maximum absolute atomic E-state index is 12.6. The summed E-state index contributed by atoms with van der Waals surface area (Å²) in [5, 5.41) is 2.88. The molecule has 1 atom stereocenters. The highest BCUT2D eigenvalue weighted by molar-refractivity contribution is 5.92. The molecule has 0 aliphatic carbocycles. The van der Waals surface area contributed by atoms with Gasteiger partial charge in [-0.3, -0.25) is 9.69 Å². The molecule has 2 aliphatic heterocycles. The Balaban J connectivity index is 1.41. The standard InChI is InChI=1S/C24H36N4O4/c1-3-4-17-32-23(30)20-8-10-21(11-9-20)25-24(31)27-15-13-26(14-16-27)18-22(29)28-12-6-5-7-19(28)2/h8-11,19H,3-7,12-18H2,1-2H3,(H,25,31). The maximum Gasteiger partial charge on any atom is 0.338 e. The van der Waals surface area contributed by atoms with Gasteiger partial charge in [0.2, 0.25) is 5.91 Å². The van der Waals surface area contributed by atoms with Gasteiger partial charge in [-0.05, 0) is 56.9 Å². The van der Waals surface area contributed by atoms with Gasteiger partial charge in [0.15, 0.2) is 0 Å². The molecule has 0 bridgehead atoms. The third-order valence-corrected chi connectivity index (χ3v) is 6.24. The highest BCUT2D eigenvalue weighted by atomic mass is 16.5. The number of carbonyl (C=O) groups is 3. The lowest BCUT2D eigenvalue weighted by atomic mass is 10.0. The van der Waals surface area contributed by atoms with E-state index in [9.17, 15) is 14.4 Å². The van der Waals surface area contributed by atoms with Crippen molar-refractivity contribution in [1.29, 1.82) is 0 Å². The number of hydrogen-bond donors (Lipinski definition) is 1. The van der Waals surface area contributed by atoms with E-state index in [0.717, 1.165) is 32.2 Å². The molecule has 0 saturated carbocycles. The molecule has 2 heterocycles. The minimum atomic E-state index is -0.346. The fourth-order valence-electron chi connectivity index (χ4n) is 4.14. The third kappa shape index (κ3) is 6.69. The van der Waals surface area contributed by atoms with E-state index >= 15 is 0 Å². The van der Waals surface area contributed by atoms with Crippen molar-refractivity contribution in [3.05, 3.63) is 29.8 Å². The number of nitrogens with zero attached hydrogens (tertiary/aromatic N) is 3. The number of benzene rings is 1.